The third kappa shape index (κ3) is 2.08. The Morgan fingerprint density at radius 2 is 1.58 bits per heavy atom. The number of rotatable bonds is 1. The van der Waals surface area contributed by atoms with E-state index in [-0.39, 0.29) is 0 Å². The van der Waals surface area contributed by atoms with Crippen molar-refractivity contribution in [1.82, 2.24) is 10.2 Å². The van der Waals surface area contributed by atoms with Crippen LogP contribution in [-0.2, 0) is 0 Å². The summed E-state index contributed by atoms with van der Waals surface area (Å²) >= 11 is 5.99. The highest BCUT2D eigenvalue weighted by Gasteiger charge is 2.10. The van der Waals surface area contributed by atoms with Crippen molar-refractivity contribution in [1.29, 1.82) is 0 Å². The van der Waals surface area contributed by atoms with Crippen LogP contribution in [0.1, 0.15) is 11.1 Å². The van der Waals surface area contributed by atoms with Gasteiger partial charge in [0.05, 0.1) is 5.69 Å². The fourth-order valence-corrected chi connectivity index (χ4v) is 2.37. The quantitative estimate of drug-likeness (QED) is 0.646. The van der Waals surface area contributed by atoms with E-state index < -0.39 is 0 Å². The van der Waals surface area contributed by atoms with Crippen LogP contribution in [-0.4, -0.2) is 10.2 Å². The fourth-order valence-electron chi connectivity index (χ4n) is 2.19. The first-order valence-electron chi connectivity index (χ1n) is 6.15. The van der Waals surface area contributed by atoms with Gasteiger partial charge in [0.1, 0.15) is 0 Å². The van der Waals surface area contributed by atoms with E-state index in [1.807, 2.05) is 26.0 Å². The second kappa shape index (κ2) is 4.63. The Bertz CT molecular complexity index is 766. The predicted octanol–water partition coefficient (Wildman–Crippen LogP) is 4.57. The summed E-state index contributed by atoms with van der Waals surface area (Å²) in [5.41, 5.74) is 4.03. The second-order valence-corrected chi connectivity index (χ2v) is 5.01. The molecule has 3 rings (SSSR count). The maximum absolute atomic E-state index is 5.99. The van der Waals surface area contributed by atoms with Crippen LogP contribution in [0.5, 0.6) is 0 Å². The highest BCUT2D eigenvalue weighted by Crippen LogP contribution is 2.28. The summed E-state index contributed by atoms with van der Waals surface area (Å²) in [6, 6.07) is 14.6. The fraction of sp³-hybridized carbons (Fsp3) is 0.125. The molecule has 0 spiro atoms. The van der Waals surface area contributed by atoms with Gasteiger partial charge >= 0.3 is 0 Å². The molecule has 1 heterocycles. The number of halogens is 1. The monoisotopic (exact) mass is 268 g/mol. The van der Waals surface area contributed by atoms with E-state index in [2.05, 4.69) is 40.5 Å². The first-order chi connectivity index (χ1) is 9.16. The third-order valence-electron chi connectivity index (χ3n) is 3.49. The van der Waals surface area contributed by atoms with Crippen molar-refractivity contribution in [2.24, 2.45) is 0 Å². The van der Waals surface area contributed by atoms with Crippen LogP contribution in [0, 0.1) is 13.8 Å². The Morgan fingerprint density at radius 3 is 2.37 bits per heavy atom. The number of benzene rings is 2. The first-order valence-corrected chi connectivity index (χ1v) is 6.53. The van der Waals surface area contributed by atoms with Gasteiger partial charge in [-0.1, -0.05) is 48.0 Å². The average molecular weight is 269 g/mol. The Labute approximate surface area is 117 Å². The van der Waals surface area contributed by atoms with Gasteiger partial charge in [0.15, 0.2) is 5.15 Å². The molecule has 0 N–H and O–H groups in total. The Kier molecular flexibility index (Phi) is 2.96. The summed E-state index contributed by atoms with van der Waals surface area (Å²) in [6.45, 7) is 4.00. The standard InChI is InChI=1S/C16H13ClN2/c1-10-11(2)16(17)19-18-15(10)14-8-7-12-5-3-4-6-13(12)9-14/h3-9H,1-2H3. The molecule has 0 radical (unpaired) electrons. The van der Waals surface area contributed by atoms with Crippen molar-refractivity contribution in [3.05, 3.63) is 58.7 Å². The van der Waals surface area contributed by atoms with Gasteiger partial charge in [-0.05, 0) is 41.8 Å². The van der Waals surface area contributed by atoms with Crippen LogP contribution in [0.4, 0.5) is 0 Å². The summed E-state index contributed by atoms with van der Waals surface area (Å²) < 4.78 is 0. The molecule has 0 unspecified atom stereocenters. The molecule has 94 valence electrons. The van der Waals surface area contributed by atoms with Gasteiger partial charge in [0.2, 0.25) is 0 Å². The average Bonchev–Trinajstić information content (AvgIpc) is 2.44. The van der Waals surface area contributed by atoms with Gasteiger partial charge in [-0.2, -0.15) is 0 Å². The lowest BCUT2D eigenvalue weighted by Crippen LogP contribution is -1.96. The summed E-state index contributed by atoms with van der Waals surface area (Å²) in [6.07, 6.45) is 0. The summed E-state index contributed by atoms with van der Waals surface area (Å²) in [4.78, 5) is 0. The first kappa shape index (κ1) is 12.1. The molecule has 19 heavy (non-hydrogen) atoms. The lowest BCUT2D eigenvalue weighted by molar-refractivity contribution is 1.00. The van der Waals surface area contributed by atoms with Crippen LogP contribution in [0.2, 0.25) is 5.15 Å². The van der Waals surface area contributed by atoms with Crippen molar-refractivity contribution in [3.8, 4) is 11.3 Å². The highest BCUT2D eigenvalue weighted by atomic mass is 35.5. The smallest absolute Gasteiger partial charge is 0.149 e. The Morgan fingerprint density at radius 1 is 0.842 bits per heavy atom. The maximum Gasteiger partial charge on any atom is 0.154 e. The minimum atomic E-state index is 0.474. The zero-order chi connectivity index (χ0) is 13.4. The number of hydrogen-bond acceptors (Lipinski definition) is 2. The molecule has 0 bridgehead atoms. The lowest BCUT2D eigenvalue weighted by Gasteiger charge is -2.09. The van der Waals surface area contributed by atoms with E-state index in [9.17, 15) is 0 Å². The maximum atomic E-state index is 5.99. The molecule has 0 saturated carbocycles. The molecule has 2 aromatic carbocycles. The molecule has 1 aromatic heterocycles. The van der Waals surface area contributed by atoms with E-state index in [0.717, 1.165) is 22.4 Å². The number of fused-ring (bicyclic) bond motifs is 1. The molecule has 0 aliphatic heterocycles. The van der Waals surface area contributed by atoms with E-state index in [4.69, 9.17) is 11.6 Å². The molecule has 0 atom stereocenters. The van der Waals surface area contributed by atoms with E-state index in [1.54, 1.807) is 0 Å². The van der Waals surface area contributed by atoms with Gasteiger partial charge in [-0.3, -0.25) is 0 Å². The zero-order valence-electron chi connectivity index (χ0n) is 10.8. The largest absolute Gasteiger partial charge is 0.154 e. The molecule has 0 saturated heterocycles. The van der Waals surface area contributed by atoms with Crippen molar-refractivity contribution in [2.45, 2.75) is 13.8 Å². The molecule has 0 aliphatic rings. The van der Waals surface area contributed by atoms with Crippen molar-refractivity contribution < 1.29 is 0 Å². The molecule has 0 amide bonds. The minimum Gasteiger partial charge on any atom is -0.149 e. The molecule has 2 nitrogen and oxygen atoms in total. The van der Waals surface area contributed by atoms with Gasteiger partial charge in [0.25, 0.3) is 0 Å². The molecular weight excluding hydrogens is 256 g/mol. The van der Waals surface area contributed by atoms with Crippen LogP contribution < -0.4 is 0 Å². The van der Waals surface area contributed by atoms with E-state index >= 15 is 0 Å². The minimum absolute atomic E-state index is 0.474. The van der Waals surface area contributed by atoms with Crippen molar-refractivity contribution >= 4 is 22.4 Å². The van der Waals surface area contributed by atoms with Gasteiger partial charge in [-0.25, -0.2) is 0 Å². The van der Waals surface area contributed by atoms with Gasteiger partial charge < -0.3 is 0 Å². The molecule has 3 aromatic rings. The number of aromatic nitrogens is 2. The Hall–Kier alpha value is -1.93. The van der Waals surface area contributed by atoms with Crippen molar-refractivity contribution in [2.75, 3.05) is 0 Å². The van der Waals surface area contributed by atoms with Gasteiger partial charge in [0, 0.05) is 5.56 Å². The number of hydrogen-bond donors (Lipinski definition) is 0. The zero-order valence-corrected chi connectivity index (χ0v) is 11.6. The second-order valence-electron chi connectivity index (χ2n) is 4.65. The SMILES string of the molecule is Cc1c(Cl)nnc(-c2ccc3ccccc3c2)c1C. The Balaban J connectivity index is 2.22. The summed E-state index contributed by atoms with van der Waals surface area (Å²) in [5.74, 6) is 0. The topological polar surface area (TPSA) is 25.8 Å². The highest BCUT2D eigenvalue weighted by molar-refractivity contribution is 6.30. The van der Waals surface area contributed by atoms with E-state index in [1.165, 1.54) is 10.8 Å². The van der Waals surface area contributed by atoms with Crippen LogP contribution in [0.3, 0.4) is 0 Å². The van der Waals surface area contributed by atoms with Crippen molar-refractivity contribution in [3.63, 3.8) is 0 Å². The molecule has 0 fully saturated rings. The summed E-state index contributed by atoms with van der Waals surface area (Å²) in [5, 5.41) is 11.1. The van der Waals surface area contributed by atoms with E-state index in [0.29, 0.717) is 5.15 Å². The summed E-state index contributed by atoms with van der Waals surface area (Å²) in [7, 11) is 0. The third-order valence-corrected chi connectivity index (χ3v) is 3.85. The molecule has 0 aliphatic carbocycles. The van der Waals surface area contributed by atoms with Gasteiger partial charge in [-0.15, -0.1) is 10.2 Å². The van der Waals surface area contributed by atoms with Crippen LogP contribution >= 0.6 is 11.6 Å². The van der Waals surface area contributed by atoms with Crippen LogP contribution in [0.25, 0.3) is 22.0 Å². The normalized spacial score (nSPS) is 10.9. The predicted molar refractivity (Wildman–Crippen MR) is 79.5 cm³/mol. The van der Waals surface area contributed by atoms with Crippen LogP contribution in [0.15, 0.2) is 42.5 Å². The lowest BCUT2D eigenvalue weighted by atomic mass is 10.0. The number of nitrogens with zero attached hydrogens (tertiary/aromatic N) is 2. The molecule has 3 heteroatoms. The molecular formula is C16H13ClN2.